The zero-order valence-corrected chi connectivity index (χ0v) is 27.1. The third-order valence-corrected chi connectivity index (χ3v) is 10.4. The maximum Gasteiger partial charge on any atom is 0.0546 e. The summed E-state index contributed by atoms with van der Waals surface area (Å²) in [6.45, 7) is 0. The molecule has 0 aliphatic carbocycles. The molecule has 8 aromatic carbocycles. The maximum absolute atomic E-state index is 2.44. The highest BCUT2D eigenvalue weighted by Gasteiger charge is 2.20. The zero-order valence-electron chi connectivity index (χ0n) is 26.3. The molecule has 0 bridgehead atoms. The Morgan fingerprint density at radius 3 is 1.75 bits per heavy atom. The van der Waals surface area contributed by atoms with Crippen molar-refractivity contribution in [2.45, 2.75) is 0 Å². The molecule has 0 saturated heterocycles. The third-order valence-electron chi connectivity index (χ3n) is 9.28. The highest BCUT2D eigenvalue weighted by Crippen LogP contribution is 2.46. The summed E-state index contributed by atoms with van der Waals surface area (Å²) in [5.41, 5.74) is 10.6. The van der Waals surface area contributed by atoms with Crippen LogP contribution in [-0.4, -0.2) is 0 Å². The van der Waals surface area contributed by atoms with Crippen LogP contribution in [0.5, 0.6) is 0 Å². The second-order valence-electron chi connectivity index (χ2n) is 12.2. The fourth-order valence-corrected chi connectivity index (χ4v) is 8.02. The predicted octanol–water partition coefficient (Wildman–Crippen LogP) is 13.7. The number of fused-ring (bicyclic) bond motifs is 4. The SMILES string of the molecule is c1ccc(-c2ccc(N(c3ccc4sc5ccccc5c4c3)c3cc(-c4cccc5ccccc45)ccc3-c3ccccc3)cc2)cc1. The lowest BCUT2D eigenvalue weighted by molar-refractivity contribution is 1.29. The van der Waals surface area contributed by atoms with Crippen molar-refractivity contribution in [1.29, 1.82) is 0 Å². The van der Waals surface area contributed by atoms with E-state index in [0.29, 0.717) is 0 Å². The fraction of sp³-hybridized carbons (Fsp3) is 0. The summed E-state index contributed by atoms with van der Waals surface area (Å²) in [5, 5.41) is 5.08. The molecule has 0 fully saturated rings. The van der Waals surface area contributed by atoms with E-state index in [4.69, 9.17) is 0 Å². The first-order chi connectivity index (χ1) is 23.8. The molecular formula is C46H31NS. The quantitative estimate of drug-likeness (QED) is 0.177. The van der Waals surface area contributed by atoms with Gasteiger partial charge in [-0.1, -0.05) is 146 Å². The summed E-state index contributed by atoms with van der Waals surface area (Å²) < 4.78 is 2.61. The minimum absolute atomic E-state index is 1.11. The lowest BCUT2D eigenvalue weighted by Crippen LogP contribution is -2.11. The Bertz CT molecular complexity index is 2540. The van der Waals surface area contributed by atoms with Crippen molar-refractivity contribution in [1.82, 2.24) is 0 Å². The summed E-state index contributed by atoms with van der Waals surface area (Å²) >= 11 is 1.86. The Morgan fingerprint density at radius 2 is 0.938 bits per heavy atom. The molecule has 0 atom stereocenters. The van der Waals surface area contributed by atoms with Gasteiger partial charge in [0.15, 0.2) is 0 Å². The molecule has 1 heterocycles. The largest absolute Gasteiger partial charge is 0.310 e. The summed E-state index contributed by atoms with van der Waals surface area (Å²) in [5.74, 6) is 0. The van der Waals surface area contributed by atoms with Gasteiger partial charge in [0.2, 0.25) is 0 Å². The molecule has 9 aromatic rings. The normalized spacial score (nSPS) is 11.3. The number of anilines is 3. The first-order valence-electron chi connectivity index (χ1n) is 16.3. The van der Waals surface area contributed by atoms with Crippen molar-refractivity contribution < 1.29 is 0 Å². The van der Waals surface area contributed by atoms with Gasteiger partial charge in [0.25, 0.3) is 0 Å². The van der Waals surface area contributed by atoms with Crippen LogP contribution in [0.15, 0.2) is 188 Å². The van der Waals surface area contributed by atoms with E-state index in [1.165, 1.54) is 64.3 Å². The Hall–Kier alpha value is -5.96. The molecule has 0 aliphatic heterocycles. The van der Waals surface area contributed by atoms with Gasteiger partial charge in [0.1, 0.15) is 0 Å². The molecular weight excluding hydrogens is 599 g/mol. The van der Waals surface area contributed by atoms with Crippen molar-refractivity contribution in [3.63, 3.8) is 0 Å². The van der Waals surface area contributed by atoms with Crippen molar-refractivity contribution in [2.24, 2.45) is 0 Å². The van der Waals surface area contributed by atoms with Gasteiger partial charge in [-0.2, -0.15) is 0 Å². The highest BCUT2D eigenvalue weighted by molar-refractivity contribution is 7.25. The Kier molecular flexibility index (Phi) is 7.07. The van der Waals surface area contributed by atoms with E-state index in [1.807, 2.05) is 11.3 Å². The molecule has 48 heavy (non-hydrogen) atoms. The molecule has 0 radical (unpaired) electrons. The van der Waals surface area contributed by atoms with Crippen molar-refractivity contribution in [3.8, 4) is 33.4 Å². The first-order valence-corrected chi connectivity index (χ1v) is 17.2. The van der Waals surface area contributed by atoms with Crippen LogP contribution in [-0.2, 0) is 0 Å². The van der Waals surface area contributed by atoms with Crippen LogP contribution < -0.4 is 4.90 Å². The molecule has 0 unspecified atom stereocenters. The molecule has 0 spiro atoms. The first kappa shape index (κ1) is 28.3. The van der Waals surface area contributed by atoms with E-state index >= 15 is 0 Å². The number of hydrogen-bond acceptors (Lipinski definition) is 2. The second-order valence-corrected chi connectivity index (χ2v) is 13.2. The lowest BCUT2D eigenvalue weighted by atomic mass is 9.94. The van der Waals surface area contributed by atoms with E-state index in [2.05, 4.69) is 193 Å². The van der Waals surface area contributed by atoms with Crippen molar-refractivity contribution in [2.75, 3.05) is 4.90 Å². The monoisotopic (exact) mass is 629 g/mol. The molecule has 1 nitrogen and oxygen atoms in total. The number of nitrogens with zero attached hydrogens (tertiary/aromatic N) is 1. The maximum atomic E-state index is 2.44. The average molecular weight is 630 g/mol. The van der Waals surface area contributed by atoms with Crippen LogP contribution in [0.3, 0.4) is 0 Å². The van der Waals surface area contributed by atoms with Gasteiger partial charge in [0, 0.05) is 37.1 Å². The molecule has 0 N–H and O–H groups in total. The third kappa shape index (κ3) is 5.04. The standard InChI is InChI=1S/C46H31NS/c1-3-12-32(13-4-1)33-22-25-37(26-23-33)47(38-27-29-46-43(31-38)42-19-9-10-21-45(42)48-46)44-30-36(24-28-41(44)35-14-5-2-6-15-35)40-20-11-17-34-16-7-8-18-39(34)40/h1-31H. The van der Waals surface area contributed by atoms with Gasteiger partial charge < -0.3 is 4.90 Å². The van der Waals surface area contributed by atoms with Gasteiger partial charge in [-0.15, -0.1) is 11.3 Å². The summed E-state index contributed by atoms with van der Waals surface area (Å²) in [7, 11) is 0. The van der Waals surface area contributed by atoms with Gasteiger partial charge in [-0.05, 0) is 81.1 Å². The van der Waals surface area contributed by atoms with Gasteiger partial charge >= 0.3 is 0 Å². The van der Waals surface area contributed by atoms with Crippen LogP contribution in [0.25, 0.3) is 64.3 Å². The summed E-state index contributed by atoms with van der Waals surface area (Å²) in [4.78, 5) is 2.44. The number of thiophene rings is 1. The number of rotatable bonds is 6. The summed E-state index contributed by atoms with van der Waals surface area (Å²) in [6, 6.07) is 68.3. The zero-order chi connectivity index (χ0) is 31.9. The molecule has 0 amide bonds. The molecule has 226 valence electrons. The molecule has 9 rings (SSSR count). The van der Waals surface area contributed by atoms with Crippen LogP contribution >= 0.6 is 11.3 Å². The smallest absolute Gasteiger partial charge is 0.0546 e. The lowest BCUT2D eigenvalue weighted by Gasteiger charge is -2.29. The van der Waals surface area contributed by atoms with E-state index < -0.39 is 0 Å². The fourth-order valence-electron chi connectivity index (χ4n) is 6.94. The number of benzene rings is 8. The van der Waals surface area contributed by atoms with Gasteiger partial charge in [-0.3, -0.25) is 0 Å². The topological polar surface area (TPSA) is 3.24 Å². The highest BCUT2D eigenvalue weighted by atomic mass is 32.1. The van der Waals surface area contributed by atoms with Crippen LogP contribution in [0.1, 0.15) is 0 Å². The Labute approximate surface area is 284 Å². The minimum Gasteiger partial charge on any atom is -0.310 e. The summed E-state index contributed by atoms with van der Waals surface area (Å²) in [6.07, 6.45) is 0. The van der Waals surface area contributed by atoms with Crippen molar-refractivity contribution >= 4 is 59.3 Å². The minimum atomic E-state index is 1.11. The second kappa shape index (κ2) is 12.0. The van der Waals surface area contributed by atoms with E-state index in [0.717, 1.165) is 17.1 Å². The van der Waals surface area contributed by atoms with Gasteiger partial charge in [-0.25, -0.2) is 0 Å². The van der Waals surface area contributed by atoms with E-state index in [-0.39, 0.29) is 0 Å². The van der Waals surface area contributed by atoms with Crippen LogP contribution in [0.2, 0.25) is 0 Å². The van der Waals surface area contributed by atoms with Gasteiger partial charge in [0.05, 0.1) is 5.69 Å². The van der Waals surface area contributed by atoms with E-state index in [1.54, 1.807) is 0 Å². The molecule has 1 aromatic heterocycles. The van der Waals surface area contributed by atoms with Crippen LogP contribution in [0.4, 0.5) is 17.1 Å². The van der Waals surface area contributed by atoms with Crippen LogP contribution in [0, 0.1) is 0 Å². The molecule has 0 aliphatic rings. The molecule has 0 saturated carbocycles. The Morgan fingerprint density at radius 1 is 0.333 bits per heavy atom. The Balaban J connectivity index is 1.30. The van der Waals surface area contributed by atoms with E-state index in [9.17, 15) is 0 Å². The molecule has 2 heteroatoms. The number of hydrogen-bond donors (Lipinski definition) is 0. The average Bonchev–Trinajstić information content (AvgIpc) is 3.54. The predicted molar refractivity (Wildman–Crippen MR) is 208 cm³/mol. The van der Waals surface area contributed by atoms with Crippen molar-refractivity contribution in [3.05, 3.63) is 188 Å².